The summed E-state index contributed by atoms with van der Waals surface area (Å²) in [5.41, 5.74) is 0. The fraction of sp³-hybridized carbons (Fsp3) is 0.417. The summed E-state index contributed by atoms with van der Waals surface area (Å²) >= 11 is 0. The molecule has 2 aromatic rings. The topological polar surface area (TPSA) is 124 Å². The largest absolute Gasteiger partial charge is 0.463 e. The summed E-state index contributed by atoms with van der Waals surface area (Å²) in [6.45, 7) is 4.37. The molecule has 10 nitrogen and oxygen atoms in total. The van der Waals surface area contributed by atoms with Crippen LogP contribution in [0.5, 0.6) is 5.75 Å². The Bertz CT molecular complexity index is 1060. The molecule has 0 spiro atoms. The SMILES string of the molecule is CC(=O)OC[C@@H]1O[C@H](Oc2ccc3ccccc3c2)[C@H](OC(C)=O)[C@@H](OC(C)=O)[C@H]1OC(C)=O. The Balaban J connectivity index is 1.98. The summed E-state index contributed by atoms with van der Waals surface area (Å²) in [5.74, 6) is -2.31. The molecule has 0 aromatic heterocycles. The van der Waals surface area contributed by atoms with Gasteiger partial charge in [0.15, 0.2) is 12.2 Å². The van der Waals surface area contributed by atoms with Gasteiger partial charge in [0, 0.05) is 27.7 Å². The standard InChI is InChI=1S/C24H26O10/c1-13(25)29-12-20-21(30-14(2)26)22(31-15(3)27)23(32-16(4)28)24(34-20)33-19-10-9-17-7-5-6-8-18(17)11-19/h5-11,20-24H,12H2,1-4H3/t20-,21-,22-,23+,24-/m0/s1. The van der Waals surface area contributed by atoms with Gasteiger partial charge >= 0.3 is 23.9 Å². The predicted octanol–water partition coefficient (Wildman–Crippen LogP) is 2.30. The van der Waals surface area contributed by atoms with Crippen LogP contribution in [0.3, 0.4) is 0 Å². The molecule has 0 aliphatic carbocycles. The first-order valence-electron chi connectivity index (χ1n) is 10.6. The van der Waals surface area contributed by atoms with Crippen LogP contribution in [-0.4, -0.2) is 61.2 Å². The number of rotatable bonds is 7. The third-order valence-corrected chi connectivity index (χ3v) is 4.92. The van der Waals surface area contributed by atoms with E-state index < -0.39 is 54.6 Å². The van der Waals surface area contributed by atoms with E-state index in [1.807, 2.05) is 30.3 Å². The van der Waals surface area contributed by atoms with Crippen molar-refractivity contribution < 1.29 is 47.6 Å². The zero-order valence-electron chi connectivity index (χ0n) is 19.2. The van der Waals surface area contributed by atoms with Gasteiger partial charge in [-0.15, -0.1) is 0 Å². The molecule has 34 heavy (non-hydrogen) atoms. The summed E-state index contributed by atoms with van der Waals surface area (Å²) in [5, 5.41) is 1.88. The molecule has 5 atom stereocenters. The lowest BCUT2D eigenvalue weighted by Crippen LogP contribution is -2.63. The Morgan fingerprint density at radius 1 is 0.735 bits per heavy atom. The lowest BCUT2D eigenvalue weighted by molar-refractivity contribution is -0.288. The van der Waals surface area contributed by atoms with Gasteiger partial charge in [-0.05, 0) is 22.9 Å². The Labute approximate surface area is 196 Å². The number of carbonyl (C=O) groups is 4. The number of esters is 4. The maximum atomic E-state index is 11.9. The highest BCUT2D eigenvalue weighted by Crippen LogP contribution is 2.31. The van der Waals surface area contributed by atoms with Crippen molar-refractivity contribution in [2.24, 2.45) is 0 Å². The lowest BCUT2D eigenvalue weighted by Gasteiger charge is -2.43. The average molecular weight is 474 g/mol. The van der Waals surface area contributed by atoms with Crippen molar-refractivity contribution in [2.45, 2.75) is 58.4 Å². The molecule has 0 amide bonds. The number of benzene rings is 2. The van der Waals surface area contributed by atoms with Crippen molar-refractivity contribution in [1.82, 2.24) is 0 Å². The van der Waals surface area contributed by atoms with Crippen LogP contribution in [0, 0.1) is 0 Å². The molecule has 182 valence electrons. The first-order chi connectivity index (χ1) is 16.1. The molecule has 1 aliphatic rings. The average Bonchev–Trinajstić information content (AvgIpc) is 2.75. The fourth-order valence-corrected chi connectivity index (χ4v) is 3.66. The summed E-state index contributed by atoms with van der Waals surface area (Å²) in [6.07, 6.45) is -6.16. The molecule has 0 radical (unpaired) electrons. The zero-order chi connectivity index (χ0) is 24.8. The monoisotopic (exact) mass is 474 g/mol. The van der Waals surface area contributed by atoms with Gasteiger partial charge < -0.3 is 28.4 Å². The third kappa shape index (κ3) is 6.44. The van der Waals surface area contributed by atoms with Crippen LogP contribution in [0.25, 0.3) is 10.8 Å². The maximum absolute atomic E-state index is 11.9. The van der Waals surface area contributed by atoms with Gasteiger partial charge in [0.2, 0.25) is 12.4 Å². The summed E-state index contributed by atoms with van der Waals surface area (Å²) in [6, 6.07) is 12.9. The van der Waals surface area contributed by atoms with Crippen LogP contribution in [0.4, 0.5) is 0 Å². The van der Waals surface area contributed by atoms with E-state index in [9.17, 15) is 19.2 Å². The van der Waals surface area contributed by atoms with Gasteiger partial charge in [-0.2, -0.15) is 0 Å². The lowest BCUT2D eigenvalue weighted by atomic mass is 9.98. The first-order valence-corrected chi connectivity index (χ1v) is 10.6. The van der Waals surface area contributed by atoms with E-state index in [-0.39, 0.29) is 6.61 Å². The highest BCUT2D eigenvalue weighted by atomic mass is 16.7. The summed E-state index contributed by atoms with van der Waals surface area (Å²) in [4.78, 5) is 47.0. The van der Waals surface area contributed by atoms with Crippen molar-refractivity contribution >= 4 is 34.6 Å². The van der Waals surface area contributed by atoms with Crippen LogP contribution < -0.4 is 4.74 Å². The molecule has 0 unspecified atom stereocenters. The van der Waals surface area contributed by atoms with E-state index in [0.29, 0.717) is 5.75 Å². The minimum Gasteiger partial charge on any atom is -0.463 e. The second kappa shape index (κ2) is 11.0. The fourth-order valence-electron chi connectivity index (χ4n) is 3.66. The van der Waals surface area contributed by atoms with E-state index in [4.69, 9.17) is 28.4 Å². The molecule has 1 aliphatic heterocycles. The molecule has 0 saturated carbocycles. The Kier molecular flexibility index (Phi) is 8.06. The Hall–Kier alpha value is -3.66. The minimum atomic E-state index is -1.29. The van der Waals surface area contributed by atoms with E-state index in [0.717, 1.165) is 24.6 Å². The zero-order valence-corrected chi connectivity index (χ0v) is 19.2. The van der Waals surface area contributed by atoms with Gasteiger partial charge in [0.25, 0.3) is 0 Å². The van der Waals surface area contributed by atoms with Crippen LogP contribution >= 0.6 is 0 Å². The quantitative estimate of drug-likeness (QED) is 0.436. The molecule has 10 heteroatoms. The van der Waals surface area contributed by atoms with Gasteiger partial charge in [-0.3, -0.25) is 19.2 Å². The summed E-state index contributed by atoms with van der Waals surface area (Å²) < 4.78 is 33.1. The van der Waals surface area contributed by atoms with Crippen molar-refractivity contribution in [3.8, 4) is 5.75 Å². The summed E-state index contributed by atoms with van der Waals surface area (Å²) in [7, 11) is 0. The van der Waals surface area contributed by atoms with Crippen molar-refractivity contribution in [3.05, 3.63) is 42.5 Å². The molecule has 2 aromatic carbocycles. The van der Waals surface area contributed by atoms with Gasteiger partial charge in [-0.25, -0.2) is 0 Å². The third-order valence-electron chi connectivity index (χ3n) is 4.92. The highest BCUT2D eigenvalue weighted by Gasteiger charge is 2.53. The molecule has 1 fully saturated rings. The second-order valence-electron chi connectivity index (χ2n) is 7.69. The van der Waals surface area contributed by atoms with Crippen molar-refractivity contribution in [3.63, 3.8) is 0 Å². The van der Waals surface area contributed by atoms with Crippen LogP contribution in [0.1, 0.15) is 27.7 Å². The van der Waals surface area contributed by atoms with Gasteiger partial charge in [-0.1, -0.05) is 30.3 Å². The first kappa shape index (κ1) is 25.0. The van der Waals surface area contributed by atoms with Crippen LogP contribution in [0.15, 0.2) is 42.5 Å². The molecule has 0 N–H and O–H groups in total. The van der Waals surface area contributed by atoms with E-state index >= 15 is 0 Å². The van der Waals surface area contributed by atoms with E-state index in [1.165, 1.54) is 13.8 Å². The smallest absolute Gasteiger partial charge is 0.303 e. The van der Waals surface area contributed by atoms with E-state index in [1.54, 1.807) is 12.1 Å². The van der Waals surface area contributed by atoms with Gasteiger partial charge in [0.05, 0.1) is 0 Å². The Morgan fingerprint density at radius 2 is 1.32 bits per heavy atom. The van der Waals surface area contributed by atoms with Gasteiger partial charge in [0.1, 0.15) is 18.5 Å². The molecule has 0 bridgehead atoms. The van der Waals surface area contributed by atoms with Crippen molar-refractivity contribution in [1.29, 1.82) is 0 Å². The molecule has 1 saturated heterocycles. The number of ether oxygens (including phenoxy) is 6. The van der Waals surface area contributed by atoms with Crippen LogP contribution in [-0.2, 0) is 42.9 Å². The van der Waals surface area contributed by atoms with Crippen molar-refractivity contribution in [2.75, 3.05) is 6.61 Å². The molecular formula is C24H26O10. The Morgan fingerprint density at radius 3 is 1.94 bits per heavy atom. The molecule has 1 heterocycles. The highest BCUT2D eigenvalue weighted by molar-refractivity contribution is 5.83. The number of hydrogen-bond acceptors (Lipinski definition) is 10. The van der Waals surface area contributed by atoms with E-state index in [2.05, 4.69) is 0 Å². The second-order valence-corrected chi connectivity index (χ2v) is 7.69. The van der Waals surface area contributed by atoms with Crippen LogP contribution in [0.2, 0.25) is 0 Å². The number of carbonyl (C=O) groups excluding carboxylic acids is 4. The molecule has 3 rings (SSSR count). The predicted molar refractivity (Wildman–Crippen MR) is 117 cm³/mol. The number of fused-ring (bicyclic) bond motifs is 1. The number of hydrogen-bond donors (Lipinski definition) is 0. The molecular weight excluding hydrogens is 448 g/mol. The maximum Gasteiger partial charge on any atom is 0.303 e. The minimum absolute atomic E-state index is 0.324. The normalized spacial score (nSPS) is 24.1.